The van der Waals surface area contributed by atoms with Crippen LogP contribution in [0.1, 0.15) is 19.8 Å². The number of carboxylic acid groups (broad SMARTS) is 1. The highest BCUT2D eigenvalue weighted by atomic mass is 35.5. The summed E-state index contributed by atoms with van der Waals surface area (Å²) in [6.07, 6.45) is 0.0531. The SMILES string of the molecule is CC(CC(=O)O)CC(=O)Nc1c(Cl)cccc1Cl. The predicted molar refractivity (Wildman–Crippen MR) is 71.1 cm³/mol. The molecule has 1 rings (SSSR count). The van der Waals surface area contributed by atoms with Crippen LogP contribution in [0.5, 0.6) is 0 Å². The topological polar surface area (TPSA) is 66.4 Å². The van der Waals surface area contributed by atoms with Gasteiger partial charge in [-0.3, -0.25) is 9.59 Å². The third-order valence-electron chi connectivity index (χ3n) is 2.28. The first-order valence-corrected chi connectivity index (χ1v) is 6.11. The van der Waals surface area contributed by atoms with Gasteiger partial charge >= 0.3 is 5.97 Å². The van der Waals surface area contributed by atoms with Crippen LogP contribution in [0.4, 0.5) is 5.69 Å². The Morgan fingerprint density at radius 3 is 2.33 bits per heavy atom. The second kappa shape index (κ2) is 6.61. The summed E-state index contributed by atoms with van der Waals surface area (Å²) in [7, 11) is 0. The van der Waals surface area contributed by atoms with Gasteiger partial charge in [0.2, 0.25) is 5.91 Å². The number of amides is 1. The molecule has 1 amide bonds. The lowest BCUT2D eigenvalue weighted by Gasteiger charge is -2.11. The third kappa shape index (κ3) is 4.55. The van der Waals surface area contributed by atoms with Gasteiger partial charge in [0.25, 0.3) is 0 Å². The van der Waals surface area contributed by atoms with E-state index in [-0.39, 0.29) is 24.7 Å². The average Bonchev–Trinajstić information content (AvgIpc) is 2.22. The molecule has 0 bridgehead atoms. The van der Waals surface area contributed by atoms with Crippen molar-refractivity contribution in [2.45, 2.75) is 19.8 Å². The normalized spacial score (nSPS) is 11.9. The third-order valence-corrected chi connectivity index (χ3v) is 2.91. The summed E-state index contributed by atoms with van der Waals surface area (Å²) in [4.78, 5) is 22.2. The summed E-state index contributed by atoms with van der Waals surface area (Å²) >= 11 is 11.8. The minimum Gasteiger partial charge on any atom is -0.481 e. The Morgan fingerprint density at radius 2 is 1.83 bits per heavy atom. The fraction of sp³-hybridized carbons (Fsp3) is 0.333. The number of aliphatic carboxylic acids is 1. The van der Waals surface area contributed by atoms with Crippen molar-refractivity contribution in [2.24, 2.45) is 5.92 Å². The molecule has 0 saturated carbocycles. The molecule has 1 aromatic carbocycles. The molecule has 98 valence electrons. The van der Waals surface area contributed by atoms with Gasteiger partial charge < -0.3 is 10.4 Å². The first-order chi connectivity index (χ1) is 8.40. The second-order valence-electron chi connectivity index (χ2n) is 4.05. The van der Waals surface area contributed by atoms with E-state index >= 15 is 0 Å². The van der Waals surface area contributed by atoms with Crippen molar-refractivity contribution in [3.05, 3.63) is 28.2 Å². The predicted octanol–water partition coefficient (Wildman–Crippen LogP) is 3.43. The van der Waals surface area contributed by atoms with E-state index in [2.05, 4.69) is 5.32 Å². The molecule has 0 aliphatic carbocycles. The van der Waals surface area contributed by atoms with Crippen molar-refractivity contribution in [3.63, 3.8) is 0 Å². The summed E-state index contributed by atoms with van der Waals surface area (Å²) in [5.74, 6) is -1.48. The molecule has 0 aliphatic heterocycles. The summed E-state index contributed by atoms with van der Waals surface area (Å²) in [5, 5.41) is 11.9. The van der Waals surface area contributed by atoms with Gasteiger partial charge in [-0.2, -0.15) is 0 Å². The Bertz CT molecular complexity index is 442. The van der Waals surface area contributed by atoms with Gasteiger partial charge in [-0.1, -0.05) is 36.2 Å². The smallest absolute Gasteiger partial charge is 0.303 e. The number of benzene rings is 1. The average molecular weight is 290 g/mol. The zero-order valence-electron chi connectivity index (χ0n) is 9.74. The number of carbonyl (C=O) groups excluding carboxylic acids is 1. The number of carboxylic acids is 1. The molecule has 1 aromatic rings. The number of halogens is 2. The van der Waals surface area contributed by atoms with E-state index in [4.69, 9.17) is 28.3 Å². The summed E-state index contributed by atoms with van der Waals surface area (Å²) in [6.45, 7) is 1.70. The second-order valence-corrected chi connectivity index (χ2v) is 4.87. The zero-order chi connectivity index (χ0) is 13.7. The monoisotopic (exact) mass is 289 g/mol. The molecule has 0 radical (unpaired) electrons. The largest absolute Gasteiger partial charge is 0.481 e. The van der Waals surface area contributed by atoms with Crippen LogP contribution in [-0.2, 0) is 9.59 Å². The van der Waals surface area contributed by atoms with Crippen molar-refractivity contribution in [3.8, 4) is 0 Å². The zero-order valence-corrected chi connectivity index (χ0v) is 11.3. The number of hydrogen-bond donors (Lipinski definition) is 2. The van der Waals surface area contributed by atoms with Crippen molar-refractivity contribution < 1.29 is 14.7 Å². The van der Waals surface area contributed by atoms with Crippen molar-refractivity contribution >= 4 is 40.8 Å². The van der Waals surface area contributed by atoms with E-state index in [9.17, 15) is 9.59 Å². The highest BCUT2D eigenvalue weighted by Crippen LogP contribution is 2.30. The molecular formula is C12H13Cl2NO3. The fourth-order valence-electron chi connectivity index (χ4n) is 1.49. The Balaban J connectivity index is 2.62. The molecule has 2 N–H and O–H groups in total. The van der Waals surface area contributed by atoms with Gasteiger partial charge in [-0.05, 0) is 18.1 Å². The van der Waals surface area contributed by atoms with Crippen LogP contribution in [0.2, 0.25) is 10.0 Å². The lowest BCUT2D eigenvalue weighted by molar-refractivity contribution is -0.138. The first-order valence-electron chi connectivity index (χ1n) is 5.35. The number of nitrogens with one attached hydrogen (secondary N) is 1. The summed E-state index contributed by atoms with van der Waals surface area (Å²) in [6, 6.07) is 4.90. The molecule has 0 heterocycles. The minimum absolute atomic E-state index is 0.0519. The highest BCUT2D eigenvalue weighted by molar-refractivity contribution is 6.39. The summed E-state index contributed by atoms with van der Waals surface area (Å²) in [5.41, 5.74) is 0.355. The van der Waals surface area contributed by atoms with E-state index in [1.807, 2.05) is 0 Å². The van der Waals surface area contributed by atoms with Gasteiger partial charge in [-0.15, -0.1) is 0 Å². The van der Waals surface area contributed by atoms with Crippen LogP contribution < -0.4 is 5.32 Å². The van der Waals surface area contributed by atoms with Gasteiger partial charge in [0.1, 0.15) is 0 Å². The van der Waals surface area contributed by atoms with E-state index in [0.29, 0.717) is 15.7 Å². The summed E-state index contributed by atoms with van der Waals surface area (Å²) < 4.78 is 0. The molecule has 0 saturated heterocycles. The van der Waals surface area contributed by atoms with Crippen LogP contribution >= 0.6 is 23.2 Å². The van der Waals surface area contributed by atoms with E-state index < -0.39 is 5.97 Å². The highest BCUT2D eigenvalue weighted by Gasteiger charge is 2.14. The van der Waals surface area contributed by atoms with Gasteiger partial charge in [0.15, 0.2) is 0 Å². The Morgan fingerprint density at radius 1 is 1.28 bits per heavy atom. The fourth-order valence-corrected chi connectivity index (χ4v) is 1.99. The molecule has 0 spiro atoms. The molecule has 0 aliphatic rings. The quantitative estimate of drug-likeness (QED) is 0.873. The molecule has 6 heteroatoms. The molecule has 0 fully saturated rings. The minimum atomic E-state index is -0.925. The van der Waals surface area contributed by atoms with Crippen molar-refractivity contribution in [1.29, 1.82) is 0 Å². The van der Waals surface area contributed by atoms with Gasteiger partial charge in [0.05, 0.1) is 15.7 Å². The molecule has 4 nitrogen and oxygen atoms in total. The number of para-hydroxylation sites is 1. The maximum Gasteiger partial charge on any atom is 0.303 e. The number of carbonyl (C=O) groups is 2. The van der Waals surface area contributed by atoms with Crippen molar-refractivity contribution in [1.82, 2.24) is 0 Å². The number of hydrogen-bond acceptors (Lipinski definition) is 2. The first kappa shape index (κ1) is 14.8. The molecule has 1 atom stereocenters. The van der Waals surface area contributed by atoms with Crippen LogP contribution in [0.3, 0.4) is 0 Å². The van der Waals surface area contributed by atoms with Crippen molar-refractivity contribution in [2.75, 3.05) is 5.32 Å². The van der Waals surface area contributed by atoms with E-state index in [0.717, 1.165) is 0 Å². The van der Waals surface area contributed by atoms with E-state index in [1.54, 1.807) is 25.1 Å². The Kier molecular flexibility index (Phi) is 5.44. The van der Waals surface area contributed by atoms with Gasteiger partial charge in [-0.25, -0.2) is 0 Å². The standard InChI is InChI=1S/C12H13Cl2NO3/c1-7(6-11(17)18)5-10(16)15-12-8(13)3-2-4-9(12)14/h2-4,7H,5-6H2,1H3,(H,15,16)(H,17,18). The van der Waals surface area contributed by atoms with Crippen LogP contribution in [-0.4, -0.2) is 17.0 Å². The molecule has 18 heavy (non-hydrogen) atoms. The van der Waals surface area contributed by atoms with Crippen LogP contribution in [0.25, 0.3) is 0 Å². The molecule has 0 aromatic heterocycles. The number of anilines is 1. The lowest BCUT2D eigenvalue weighted by atomic mass is 10.0. The maximum absolute atomic E-state index is 11.7. The van der Waals surface area contributed by atoms with E-state index in [1.165, 1.54) is 0 Å². The molecule has 1 unspecified atom stereocenters. The van der Waals surface area contributed by atoms with Crippen LogP contribution in [0.15, 0.2) is 18.2 Å². The number of rotatable bonds is 5. The maximum atomic E-state index is 11.7. The van der Waals surface area contributed by atoms with Crippen LogP contribution in [0, 0.1) is 5.92 Å². The lowest BCUT2D eigenvalue weighted by Crippen LogP contribution is -2.17. The van der Waals surface area contributed by atoms with Gasteiger partial charge in [0, 0.05) is 12.8 Å². The molecular weight excluding hydrogens is 277 g/mol. The Labute approximate surface area is 115 Å². The Hall–Kier alpha value is -1.26.